The van der Waals surface area contributed by atoms with Gasteiger partial charge in [0.1, 0.15) is 5.82 Å². The third-order valence-electron chi connectivity index (χ3n) is 3.44. The zero-order valence-corrected chi connectivity index (χ0v) is 11.8. The van der Waals surface area contributed by atoms with Gasteiger partial charge in [-0.3, -0.25) is 0 Å². The van der Waals surface area contributed by atoms with Crippen molar-refractivity contribution in [3.05, 3.63) is 59.9 Å². The van der Waals surface area contributed by atoms with Crippen LogP contribution in [0.5, 0.6) is 0 Å². The lowest BCUT2D eigenvalue weighted by Gasteiger charge is -2.02. The van der Waals surface area contributed by atoms with E-state index >= 15 is 0 Å². The molecule has 0 radical (unpaired) electrons. The first kappa shape index (κ1) is 12.3. The van der Waals surface area contributed by atoms with Crippen molar-refractivity contribution in [1.82, 2.24) is 9.55 Å². The Morgan fingerprint density at radius 1 is 1.05 bits per heavy atom. The van der Waals surface area contributed by atoms with E-state index in [1.807, 2.05) is 18.2 Å². The minimum Gasteiger partial charge on any atom is -0.331 e. The number of aromatic nitrogens is 2. The first-order chi connectivity index (χ1) is 9.24. The molecule has 0 unspecified atom stereocenters. The second-order valence-electron chi connectivity index (χ2n) is 4.75. The number of fused-ring (bicyclic) bond motifs is 1. The fourth-order valence-electron chi connectivity index (χ4n) is 2.36. The maximum absolute atomic E-state index is 4.70. The summed E-state index contributed by atoms with van der Waals surface area (Å²) in [6.07, 6.45) is 1.98. The van der Waals surface area contributed by atoms with E-state index < -0.39 is 0 Å². The maximum atomic E-state index is 4.70. The number of imidazole rings is 1. The van der Waals surface area contributed by atoms with Crippen LogP contribution in [0.3, 0.4) is 0 Å². The van der Waals surface area contributed by atoms with E-state index in [0.29, 0.717) is 0 Å². The molecule has 0 amide bonds. The standard InChI is InChI=1S/C16H16N2S/c1-18-15-9-8-13(19)11-14(15)17-16(18)10-7-12-5-3-2-4-6-12/h2-6,8-9,11,19H,7,10H2,1H3. The van der Waals surface area contributed by atoms with Gasteiger partial charge in [0, 0.05) is 18.4 Å². The Bertz CT molecular complexity index is 701. The number of nitrogens with zero attached hydrogens (tertiary/aromatic N) is 2. The smallest absolute Gasteiger partial charge is 0.109 e. The number of rotatable bonds is 3. The van der Waals surface area contributed by atoms with E-state index in [2.05, 4.69) is 54.6 Å². The number of hydrogen-bond acceptors (Lipinski definition) is 2. The Hall–Kier alpha value is -1.74. The maximum Gasteiger partial charge on any atom is 0.109 e. The molecule has 0 spiro atoms. The Balaban J connectivity index is 1.87. The molecular formula is C16H16N2S. The van der Waals surface area contributed by atoms with E-state index in [4.69, 9.17) is 4.98 Å². The zero-order chi connectivity index (χ0) is 13.2. The molecule has 0 atom stereocenters. The molecule has 0 N–H and O–H groups in total. The average molecular weight is 268 g/mol. The summed E-state index contributed by atoms with van der Waals surface area (Å²) >= 11 is 4.36. The van der Waals surface area contributed by atoms with Crippen LogP contribution in [-0.2, 0) is 19.9 Å². The van der Waals surface area contributed by atoms with Gasteiger partial charge < -0.3 is 4.57 Å². The molecule has 3 aromatic rings. The quantitative estimate of drug-likeness (QED) is 0.718. The minimum absolute atomic E-state index is 0.955. The number of hydrogen-bond donors (Lipinski definition) is 1. The van der Waals surface area contributed by atoms with Crippen LogP contribution in [0.25, 0.3) is 11.0 Å². The molecule has 1 heterocycles. The molecule has 3 rings (SSSR count). The van der Waals surface area contributed by atoms with Crippen LogP contribution >= 0.6 is 12.6 Å². The van der Waals surface area contributed by atoms with Crippen molar-refractivity contribution in [3.8, 4) is 0 Å². The number of benzene rings is 2. The van der Waals surface area contributed by atoms with Gasteiger partial charge in [0.25, 0.3) is 0 Å². The van der Waals surface area contributed by atoms with Gasteiger partial charge in [-0.15, -0.1) is 12.6 Å². The average Bonchev–Trinajstić information content (AvgIpc) is 2.74. The monoisotopic (exact) mass is 268 g/mol. The fraction of sp³-hybridized carbons (Fsp3) is 0.188. The van der Waals surface area contributed by atoms with Gasteiger partial charge in [0.2, 0.25) is 0 Å². The summed E-state index contributed by atoms with van der Waals surface area (Å²) in [5, 5.41) is 0. The van der Waals surface area contributed by atoms with Crippen molar-refractivity contribution >= 4 is 23.7 Å². The largest absolute Gasteiger partial charge is 0.331 e. The molecule has 0 saturated heterocycles. The Morgan fingerprint density at radius 2 is 1.84 bits per heavy atom. The molecule has 96 valence electrons. The first-order valence-corrected chi connectivity index (χ1v) is 6.87. The summed E-state index contributed by atoms with van der Waals surface area (Å²) in [5.74, 6) is 1.12. The van der Waals surface area contributed by atoms with E-state index in [-0.39, 0.29) is 0 Å². The van der Waals surface area contributed by atoms with Crippen molar-refractivity contribution in [1.29, 1.82) is 0 Å². The van der Waals surface area contributed by atoms with Crippen molar-refractivity contribution in [2.45, 2.75) is 17.7 Å². The highest BCUT2D eigenvalue weighted by Gasteiger charge is 2.07. The lowest BCUT2D eigenvalue weighted by Crippen LogP contribution is -2.00. The molecule has 0 saturated carbocycles. The number of thiol groups is 1. The summed E-state index contributed by atoms with van der Waals surface area (Å²) in [7, 11) is 2.08. The molecule has 0 aliphatic carbocycles. The molecule has 0 fully saturated rings. The molecule has 2 nitrogen and oxygen atoms in total. The van der Waals surface area contributed by atoms with Crippen LogP contribution in [0.2, 0.25) is 0 Å². The molecule has 19 heavy (non-hydrogen) atoms. The predicted molar refractivity (Wildman–Crippen MR) is 81.8 cm³/mol. The van der Waals surface area contributed by atoms with Crippen LogP contribution in [0.1, 0.15) is 11.4 Å². The van der Waals surface area contributed by atoms with Crippen LogP contribution in [0.15, 0.2) is 53.4 Å². The predicted octanol–water partition coefficient (Wildman–Crippen LogP) is 3.65. The van der Waals surface area contributed by atoms with E-state index in [0.717, 1.165) is 29.1 Å². The molecular weight excluding hydrogens is 252 g/mol. The van der Waals surface area contributed by atoms with E-state index in [9.17, 15) is 0 Å². The Kier molecular flexibility index (Phi) is 3.30. The first-order valence-electron chi connectivity index (χ1n) is 6.42. The molecule has 0 aliphatic rings. The number of aryl methyl sites for hydroxylation is 3. The lowest BCUT2D eigenvalue weighted by molar-refractivity contribution is 0.787. The highest BCUT2D eigenvalue weighted by atomic mass is 32.1. The summed E-state index contributed by atoms with van der Waals surface area (Å²) < 4.78 is 2.17. The van der Waals surface area contributed by atoms with Crippen LogP contribution < -0.4 is 0 Å². The van der Waals surface area contributed by atoms with Crippen LogP contribution in [0.4, 0.5) is 0 Å². The summed E-state index contributed by atoms with van der Waals surface area (Å²) in [6.45, 7) is 0. The van der Waals surface area contributed by atoms with Gasteiger partial charge >= 0.3 is 0 Å². The van der Waals surface area contributed by atoms with Gasteiger partial charge in [0.15, 0.2) is 0 Å². The molecule has 1 aromatic heterocycles. The van der Waals surface area contributed by atoms with Gasteiger partial charge in [-0.1, -0.05) is 30.3 Å². The van der Waals surface area contributed by atoms with Crippen molar-refractivity contribution in [2.24, 2.45) is 7.05 Å². The third-order valence-corrected chi connectivity index (χ3v) is 3.72. The third kappa shape index (κ3) is 2.51. The van der Waals surface area contributed by atoms with Crippen molar-refractivity contribution in [3.63, 3.8) is 0 Å². The fourth-order valence-corrected chi connectivity index (χ4v) is 2.56. The molecule has 0 bridgehead atoms. The van der Waals surface area contributed by atoms with Crippen molar-refractivity contribution < 1.29 is 0 Å². The van der Waals surface area contributed by atoms with E-state index in [1.165, 1.54) is 11.1 Å². The molecule has 2 aromatic carbocycles. The van der Waals surface area contributed by atoms with Gasteiger partial charge in [-0.25, -0.2) is 4.98 Å². The summed E-state index contributed by atoms with van der Waals surface area (Å²) in [4.78, 5) is 5.66. The second kappa shape index (κ2) is 5.10. The second-order valence-corrected chi connectivity index (χ2v) is 5.26. The highest BCUT2D eigenvalue weighted by molar-refractivity contribution is 7.80. The topological polar surface area (TPSA) is 17.8 Å². The van der Waals surface area contributed by atoms with Crippen molar-refractivity contribution in [2.75, 3.05) is 0 Å². The Morgan fingerprint density at radius 3 is 2.63 bits per heavy atom. The van der Waals surface area contributed by atoms with Gasteiger partial charge in [-0.2, -0.15) is 0 Å². The van der Waals surface area contributed by atoms with E-state index in [1.54, 1.807) is 0 Å². The van der Waals surface area contributed by atoms with Gasteiger partial charge in [-0.05, 0) is 30.2 Å². The summed E-state index contributed by atoms with van der Waals surface area (Å²) in [5.41, 5.74) is 3.54. The SMILES string of the molecule is Cn1c(CCc2ccccc2)nc2cc(S)ccc21. The minimum atomic E-state index is 0.955. The molecule has 3 heteroatoms. The normalized spacial score (nSPS) is 11.1. The summed E-state index contributed by atoms with van der Waals surface area (Å²) in [6, 6.07) is 16.6. The van der Waals surface area contributed by atoms with Crippen LogP contribution in [0, 0.1) is 0 Å². The lowest BCUT2D eigenvalue weighted by atomic mass is 10.1. The highest BCUT2D eigenvalue weighted by Crippen LogP contribution is 2.19. The van der Waals surface area contributed by atoms with Gasteiger partial charge in [0.05, 0.1) is 11.0 Å². The zero-order valence-electron chi connectivity index (χ0n) is 10.9. The van der Waals surface area contributed by atoms with Crippen LogP contribution in [-0.4, -0.2) is 9.55 Å². The Labute approximate surface area is 118 Å². The molecule has 0 aliphatic heterocycles.